The van der Waals surface area contributed by atoms with Crippen molar-refractivity contribution in [3.8, 4) is 0 Å². The Hall–Kier alpha value is -3.47. The Morgan fingerprint density at radius 1 is 1.12 bits per heavy atom. The van der Waals surface area contributed by atoms with Gasteiger partial charge in [-0.1, -0.05) is 54.1 Å². The third kappa shape index (κ3) is 5.84. The topological polar surface area (TPSA) is 107 Å². The van der Waals surface area contributed by atoms with E-state index in [1.807, 2.05) is 54.6 Å². The smallest absolute Gasteiger partial charge is 0.245 e. The number of hydrogen-bond donors (Lipinski definition) is 3. The minimum atomic E-state index is -3.81. The molecule has 3 N–H and O–H groups in total. The van der Waals surface area contributed by atoms with Gasteiger partial charge in [-0.05, 0) is 80.9 Å². The number of carbonyl (C=O) groups is 1. The van der Waals surface area contributed by atoms with E-state index < -0.39 is 20.8 Å². The van der Waals surface area contributed by atoms with Gasteiger partial charge in [0, 0.05) is 10.7 Å². The maximum Gasteiger partial charge on any atom is 0.245 e. The molecular weight excluding hydrogens is 566 g/mol. The summed E-state index contributed by atoms with van der Waals surface area (Å²) in [5, 5.41) is 6.71. The number of hydrogen-bond acceptors (Lipinski definition) is 5. The first-order valence-electron chi connectivity index (χ1n) is 12.9. The average Bonchev–Trinajstić information content (AvgIpc) is 3.41. The molecule has 0 bridgehead atoms. The van der Waals surface area contributed by atoms with E-state index in [0.29, 0.717) is 27.9 Å². The summed E-state index contributed by atoms with van der Waals surface area (Å²) in [6.45, 7) is 5.18. The molecule has 2 heterocycles. The van der Waals surface area contributed by atoms with Gasteiger partial charge < -0.3 is 15.6 Å². The van der Waals surface area contributed by atoms with Crippen LogP contribution >= 0.6 is 23.8 Å². The zero-order valence-corrected chi connectivity index (χ0v) is 24.7. The van der Waals surface area contributed by atoms with Crippen LogP contribution in [0, 0.1) is 0 Å². The fourth-order valence-electron chi connectivity index (χ4n) is 5.00. The number of imidazole rings is 1. The van der Waals surface area contributed by atoms with Crippen LogP contribution in [0.3, 0.4) is 0 Å². The van der Waals surface area contributed by atoms with Crippen LogP contribution in [0.1, 0.15) is 55.4 Å². The molecule has 1 unspecified atom stereocenters. The molecule has 8 nitrogen and oxygen atoms in total. The number of aromatic amines is 1. The molecular formula is C29H30ClN5O3S2. The molecule has 11 heteroatoms. The number of benzene rings is 3. The van der Waals surface area contributed by atoms with Crippen molar-refractivity contribution in [2.45, 2.75) is 50.4 Å². The lowest BCUT2D eigenvalue weighted by Gasteiger charge is -2.30. The SMILES string of the molecule is CC(C)(C)N1C(=O)C[C@@H](c2ccc(CC(NC(=S)Nc3ccccc3)c3nc4ccc(Cl)cc4[nH]3)cc2)S1(=O)=O. The van der Waals surface area contributed by atoms with Crippen molar-refractivity contribution in [1.82, 2.24) is 19.6 Å². The van der Waals surface area contributed by atoms with Crippen molar-refractivity contribution >= 4 is 61.6 Å². The highest BCUT2D eigenvalue weighted by Gasteiger charge is 2.49. The lowest BCUT2D eigenvalue weighted by Crippen LogP contribution is -2.45. The predicted molar refractivity (Wildman–Crippen MR) is 163 cm³/mol. The lowest BCUT2D eigenvalue weighted by molar-refractivity contribution is -0.128. The number of thiocarbonyl (C=S) groups is 1. The van der Waals surface area contributed by atoms with Crippen LogP contribution in [0.15, 0.2) is 72.8 Å². The number of rotatable bonds is 6. The number of carbonyl (C=O) groups excluding carboxylic acids is 1. The maximum absolute atomic E-state index is 13.2. The van der Waals surface area contributed by atoms with E-state index in [1.54, 1.807) is 39.0 Å². The molecule has 1 fully saturated rings. The van der Waals surface area contributed by atoms with E-state index in [0.717, 1.165) is 26.6 Å². The van der Waals surface area contributed by atoms with Gasteiger partial charge in [0.1, 0.15) is 11.1 Å². The second-order valence-corrected chi connectivity index (χ2v) is 13.6. The molecule has 1 saturated heterocycles. The van der Waals surface area contributed by atoms with Crippen molar-refractivity contribution in [1.29, 1.82) is 0 Å². The monoisotopic (exact) mass is 595 g/mol. The van der Waals surface area contributed by atoms with Crippen LogP contribution in [0.25, 0.3) is 11.0 Å². The molecule has 4 aromatic rings. The summed E-state index contributed by atoms with van der Waals surface area (Å²) >= 11 is 11.8. The van der Waals surface area contributed by atoms with Gasteiger partial charge in [-0.15, -0.1) is 0 Å². The fraction of sp³-hybridized carbons (Fsp3) is 0.276. The first-order chi connectivity index (χ1) is 18.9. The van der Waals surface area contributed by atoms with E-state index in [9.17, 15) is 13.2 Å². The van der Waals surface area contributed by atoms with Gasteiger partial charge in [0.05, 0.1) is 29.0 Å². The summed E-state index contributed by atoms with van der Waals surface area (Å²) in [5.74, 6) is 0.304. The van der Waals surface area contributed by atoms with Crippen LogP contribution in [-0.4, -0.2) is 39.2 Å². The zero-order chi connectivity index (χ0) is 28.7. The lowest BCUT2D eigenvalue weighted by atomic mass is 10.0. The summed E-state index contributed by atoms with van der Waals surface area (Å²) < 4.78 is 27.5. The number of H-pyrrole nitrogens is 1. The van der Waals surface area contributed by atoms with E-state index in [4.69, 9.17) is 28.8 Å². The van der Waals surface area contributed by atoms with Crippen molar-refractivity contribution < 1.29 is 13.2 Å². The molecule has 40 heavy (non-hydrogen) atoms. The van der Waals surface area contributed by atoms with Gasteiger partial charge in [-0.2, -0.15) is 0 Å². The molecule has 0 radical (unpaired) electrons. The summed E-state index contributed by atoms with van der Waals surface area (Å²) in [6, 6.07) is 22.1. The number of aromatic nitrogens is 2. The van der Waals surface area contributed by atoms with Gasteiger partial charge in [-0.3, -0.25) is 4.79 Å². The van der Waals surface area contributed by atoms with Gasteiger partial charge >= 0.3 is 0 Å². The summed E-state index contributed by atoms with van der Waals surface area (Å²) in [4.78, 5) is 20.7. The average molecular weight is 596 g/mol. The number of nitrogens with zero attached hydrogens (tertiary/aromatic N) is 2. The molecule has 1 aliphatic heterocycles. The van der Waals surface area contributed by atoms with Gasteiger partial charge in [0.15, 0.2) is 5.11 Å². The van der Waals surface area contributed by atoms with Crippen molar-refractivity contribution in [3.05, 3.63) is 94.8 Å². The van der Waals surface area contributed by atoms with Crippen LogP contribution in [0.2, 0.25) is 5.02 Å². The molecule has 3 aromatic carbocycles. The van der Waals surface area contributed by atoms with E-state index >= 15 is 0 Å². The molecule has 0 spiro atoms. The molecule has 2 atom stereocenters. The highest BCUT2D eigenvalue weighted by atomic mass is 35.5. The number of para-hydroxylation sites is 1. The van der Waals surface area contributed by atoms with Gasteiger partial charge in [-0.25, -0.2) is 17.7 Å². The summed E-state index contributed by atoms with van der Waals surface area (Å²) in [5.41, 5.74) is 3.17. The zero-order valence-electron chi connectivity index (χ0n) is 22.3. The van der Waals surface area contributed by atoms with E-state index in [2.05, 4.69) is 15.6 Å². The molecule has 1 amide bonds. The molecule has 5 rings (SSSR count). The first kappa shape index (κ1) is 28.1. The number of sulfonamides is 1. The number of anilines is 1. The third-order valence-electron chi connectivity index (χ3n) is 6.73. The van der Waals surface area contributed by atoms with Crippen LogP contribution in [0.4, 0.5) is 5.69 Å². The quantitative estimate of drug-likeness (QED) is 0.239. The summed E-state index contributed by atoms with van der Waals surface area (Å²) in [7, 11) is -3.81. The molecule has 1 aromatic heterocycles. The Bertz CT molecular complexity index is 1670. The molecule has 0 saturated carbocycles. The normalized spacial score (nSPS) is 17.6. The van der Waals surface area contributed by atoms with E-state index in [-0.39, 0.29) is 18.4 Å². The Kier molecular flexibility index (Phi) is 7.60. The third-order valence-corrected chi connectivity index (χ3v) is 9.60. The van der Waals surface area contributed by atoms with E-state index in [1.165, 1.54) is 0 Å². The van der Waals surface area contributed by atoms with Crippen molar-refractivity contribution in [2.75, 3.05) is 5.32 Å². The minimum absolute atomic E-state index is 0.0654. The molecule has 0 aliphatic carbocycles. The predicted octanol–water partition coefficient (Wildman–Crippen LogP) is 5.89. The maximum atomic E-state index is 13.2. The second-order valence-electron chi connectivity index (χ2n) is 10.8. The number of halogens is 1. The number of fused-ring (bicyclic) bond motifs is 1. The number of amides is 1. The Morgan fingerprint density at radius 2 is 1.82 bits per heavy atom. The van der Waals surface area contributed by atoms with Crippen LogP contribution in [0.5, 0.6) is 0 Å². The Labute approximate surface area is 244 Å². The van der Waals surface area contributed by atoms with Crippen LogP contribution < -0.4 is 10.6 Å². The van der Waals surface area contributed by atoms with Crippen LogP contribution in [-0.2, 0) is 21.2 Å². The van der Waals surface area contributed by atoms with Gasteiger partial charge in [0.2, 0.25) is 15.9 Å². The highest BCUT2D eigenvalue weighted by molar-refractivity contribution is 7.90. The van der Waals surface area contributed by atoms with Crippen molar-refractivity contribution in [3.63, 3.8) is 0 Å². The number of nitrogens with one attached hydrogen (secondary N) is 3. The van der Waals surface area contributed by atoms with Crippen molar-refractivity contribution in [2.24, 2.45) is 0 Å². The van der Waals surface area contributed by atoms with Gasteiger partial charge in [0.25, 0.3) is 0 Å². The standard InChI is InChI=1S/C29H30ClN5O3S2/c1-29(2,3)35-26(36)17-25(40(35,37)38)19-11-9-18(10-12-19)15-24(34-28(39)31-21-7-5-4-6-8-21)27-32-22-14-13-20(30)16-23(22)33-27/h4-14,16,24-25H,15,17H2,1-3H3,(H,32,33)(H2,31,34,39)/t24?,25-/m0/s1. The Balaban J connectivity index is 1.40. The fourth-order valence-corrected chi connectivity index (χ4v) is 7.66. The molecule has 1 aliphatic rings. The minimum Gasteiger partial charge on any atom is -0.352 e. The highest BCUT2D eigenvalue weighted by Crippen LogP contribution is 2.40. The molecule has 208 valence electrons. The largest absolute Gasteiger partial charge is 0.352 e. The second kappa shape index (κ2) is 10.8. The Morgan fingerprint density at radius 3 is 2.48 bits per heavy atom. The summed E-state index contributed by atoms with van der Waals surface area (Å²) in [6.07, 6.45) is 0.443. The first-order valence-corrected chi connectivity index (χ1v) is 15.1.